The molecule has 4 nitrogen and oxygen atoms in total. The first kappa shape index (κ1) is 13.3. The van der Waals surface area contributed by atoms with Crippen molar-refractivity contribution < 1.29 is 0 Å². The van der Waals surface area contributed by atoms with Gasteiger partial charge in [-0.1, -0.05) is 0 Å². The topological polar surface area (TPSA) is 31.4 Å². The van der Waals surface area contributed by atoms with Crippen molar-refractivity contribution in [2.45, 2.75) is 19.4 Å². The third-order valence-electron chi connectivity index (χ3n) is 3.73. The van der Waals surface area contributed by atoms with Gasteiger partial charge in [0.1, 0.15) is 0 Å². The highest BCUT2D eigenvalue weighted by Gasteiger charge is 2.13. The lowest BCUT2D eigenvalue weighted by molar-refractivity contribution is 0.360. The van der Waals surface area contributed by atoms with Gasteiger partial charge in [0.05, 0.1) is 17.6 Å². The zero-order valence-corrected chi connectivity index (χ0v) is 11.7. The van der Waals surface area contributed by atoms with Gasteiger partial charge in [0.25, 0.3) is 0 Å². The first-order chi connectivity index (χ1) is 8.70. The lowest BCUT2D eigenvalue weighted by Crippen LogP contribution is -2.28. The van der Waals surface area contributed by atoms with E-state index in [1.165, 1.54) is 18.7 Å². The molecule has 1 atom stereocenters. The Morgan fingerprint density at radius 3 is 2.72 bits per heavy atom. The number of hydrogen-bond acceptors (Lipinski definition) is 4. The molecule has 2 heterocycles. The summed E-state index contributed by atoms with van der Waals surface area (Å²) in [5, 5.41) is 3.21. The summed E-state index contributed by atoms with van der Waals surface area (Å²) in [6.07, 6.45) is 3.24. The number of hydrogen-bond donors (Lipinski definition) is 1. The molecule has 0 saturated carbocycles. The van der Waals surface area contributed by atoms with Crippen LogP contribution in [0.2, 0.25) is 0 Å². The third-order valence-corrected chi connectivity index (χ3v) is 3.73. The fourth-order valence-corrected chi connectivity index (χ4v) is 2.29. The van der Waals surface area contributed by atoms with Crippen molar-refractivity contribution in [1.82, 2.24) is 15.2 Å². The van der Waals surface area contributed by atoms with Crippen molar-refractivity contribution in [2.75, 3.05) is 45.2 Å². The molecule has 0 amide bonds. The maximum Gasteiger partial charge on any atom is 0.0571 e. The fourth-order valence-electron chi connectivity index (χ4n) is 2.29. The van der Waals surface area contributed by atoms with Crippen LogP contribution in [0.25, 0.3) is 0 Å². The molecule has 1 aliphatic rings. The first-order valence-corrected chi connectivity index (χ1v) is 6.77. The summed E-state index contributed by atoms with van der Waals surface area (Å²) in [7, 11) is 4.16. The average molecular weight is 248 g/mol. The van der Waals surface area contributed by atoms with E-state index in [9.17, 15) is 0 Å². The van der Waals surface area contributed by atoms with Crippen LogP contribution in [0.3, 0.4) is 0 Å². The Labute approximate surface area is 110 Å². The van der Waals surface area contributed by atoms with E-state index in [1.807, 2.05) is 13.2 Å². The number of nitrogens with one attached hydrogen (secondary N) is 1. The second-order valence-electron chi connectivity index (χ2n) is 5.10. The normalized spacial score (nSPS) is 19.6. The highest BCUT2D eigenvalue weighted by molar-refractivity contribution is 5.45. The van der Waals surface area contributed by atoms with E-state index in [0.29, 0.717) is 6.04 Å². The predicted molar refractivity (Wildman–Crippen MR) is 76.0 cm³/mol. The molecule has 1 aliphatic heterocycles. The van der Waals surface area contributed by atoms with Gasteiger partial charge in [0.15, 0.2) is 0 Å². The van der Waals surface area contributed by atoms with E-state index < -0.39 is 0 Å². The number of nitrogens with zero attached hydrogens (tertiary/aromatic N) is 3. The van der Waals surface area contributed by atoms with Crippen LogP contribution in [0.15, 0.2) is 18.3 Å². The summed E-state index contributed by atoms with van der Waals surface area (Å²) in [6.45, 7) is 6.68. The fraction of sp³-hybridized carbons (Fsp3) is 0.643. The lowest BCUT2D eigenvalue weighted by atomic mass is 10.2. The van der Waals surface area contributed by atoms with Crippen LogP contribution < -0.4 is 10.2 Å². The van der Waals surface area contributed by atoms with E-state index >= 15 is 0 Å². The van der Waals surface area contributed by atoms with Crippen LogP contribution in [0.1, 0.15) is 25.1 Å². The Morgan fingerprint density at radius 1 is 1.22 bits per heavy atom. The Kier molecular flexibility index (Phi) is 4.55. The highest BCUT2D eigenvalue weighted by Crippen LogP contribution is 2.17. The summed E-state index contributed by atoms with van der Waals surface area (Å²) in [5.41, 5.74) is 2.35. The second kappa shape index (κ2) is 6.16. The largest absolute Gasteiger partial charge is 0.369 e. The van der Waals surface area contributed by atoms with E-state index in [1.54, 1.807) is 0 Å². The van der Waals surface area contributed by atoms with Crippen molar-refractivity contribution in [3.63, 3.8) is 0 Å². The molecule has 0 aliphatic carbocycles. The van der Waals surface area contributed by atoms with Crippen LogP contribution in [0.5, 0.6) is 0 Å². The third kappa shape index (κ3) is 3.21. The van der Waals surface area contributed by atoms with E-state index in [2.05, 4.69) is 46.2 Å². The molecule has 4 heteroatoms. The number of likely N-dealkylation sites (N-methyl/N-ethyl adjacent to an activating group) is 1. The van der Waals surface area contributed by atoms with Crippen LogP contribution in [0.4, 0.5) is 5.69 Å². The van der Waals surface area contributed by atoms with E-state index in [4.69, 9.17) is 0 Å². The van der Waals surface area contributed by atoms with Gasteiger partial charge in [-0.05, 0) is 46.1 Å². The van der Waals surface area contributed by atoms with Gasteiger partial charge in [-0.3, -0.25) is 4.98 Å². The Hall–Kier alpha value is -1.13. The van der Waals surface area contributed by atoms with Gasteiger partial charge < -0.3 is 15.1 Å². The van der Waals surface area contributed by atoms with Crippen LogP contribution in [-0.4, -0.2) is 50.2 Å². The minimum Gasteiger partial charge on any atom is -0.369 e. The highest BCUT2D eigenvalue weighted by atomic mass is 15.2. The second-order valence-corrected chi connectivity index (χ2v) is 5.10. The van der Waals surface area contributed by atoms with E-state index in [-0.39, 0.29) is 0 Å². The molecule has 0 aromatic carbocycles. The monoisotopic (exact) mass is 248 g/mol. The summed E-state index contributed by atoms with van der Waals surface area (Å²) in [5.74, 6) is 0. The molecule has 0 spiro atoms. The molecule has 100 valence electrons. The zero-order chi connectivity index (χ0) is 13.0. The molecule has 1 saturated heterocycles. The predicted octanol–water partition coefficient (Wildman–Crippen LogP) is 1.50. The van der Waals surface area contributed by atoms with Gasteiger partial charge in [0.2, 0.25) is 0 Å². The standard InChI is InChI=1S/C14H24N4/c1-12(15-2)14-6-5-13(11-16-14)18-8-4-7-17(3)9-10-18/h5-6,11-12,15H,4,7-10H2,1-3H3. The molecule has 1 aromatic heterocycles. The van der Waals surface area contributed by atoms with Crippen molar-refractivity contribution in [2.24, 2.45) is 0 Å². The van der Waals surface area contributed by atoms with Crippen LogP contribution >= 0.6 is 0 Å². The number of anilines is 1. The van der Waals surface area contributed by atoms with Gasteiger partial charge >= 0.3 is 0 Å². The molecule has 0 radical (unpaired) electrons. The quantitative estimate of drug-likeness (QED) is 0.878. The molecule has 0 bridgehead atoms. The minimum absolute atomic E-state index is 0.314. The molecule has 1 unspecified atom stereocenters. The number of rotatable bonds is 3. The van der Waals surface area contributed by atoms with Crippen molar-refractivity contribution in [1.29, 1.82) is 0 Å². The Balaban J connectivity index is 2.04. The smallest absolute Gasteiger partial charge is 0.0571 e. The molecule has 1 fully saturated rings. The van der Waals surface area contributed by atoms with Crippen LogP contribution in [0, 0.1) is 0 Å². The summed E-state index contributed by atoms with van der Waals surface area (Å²) in [4.78, 5) is 9.39. The first-order valence-electron chi connectivity index (χ1n) is 6.77. The molecule has 1 N–H and O–H groups in total. The van der Waals surface area contributed by atoms with Crippen molar-refractivity contribution in [3.8, 4) is 0 Å². The minimum atomic E-state index is 0.314. The summed E-state index contributed by atoms with van der Waals surface area (Å²) in [6, 6.07) is 4.64. The number of pyridine rings is 1. The molecular formula is C14H24N4. The van der Waals surface area contributed by atoms with Gasteiger partial charge in [-0.25, -0.2) is 0 Å². The van der Waals surface area contributed by atoms with Crippen LogP contribution in [-0.2, 0) is 0 Å². The summed E-state index contributed by atoms with van der Waals surface area (Å²) < 4.78 is 0. The average Bonchev–Trinajstić information content (AvgIpc) is 2.63. The Bertz CT molecular complexity index is 363. The van der Waals surface area contributed by atoms with Gasteiger partial charge in [-0.15, -0.1) is 0 Å². The van der Waals surface area contributed by atoms with Gasteiger partial charge in [0, 0.05) is 25.7 Å². The maximum atomic E-state index is 4.56. The van der Waals surface area contributed by atoms with Gasteiger partial charge in [-0.2, -0.15) is 0 Å². The Morgan fingerprint density at radius 2 is 2.06 bits per heavy atom. The van der Waals surface area contributed by atoms with Crippen molar-refractivity contribution in [3.05, 3.63) is 24.0 Å². The molecule has 2 rings (SSSR count). The summed E-state index contributed by atoms with van der Waals surface area (Å²) >= 11 is 0. The maximum absolute atomic E-state index is 4.56. The zero-order valence-electron chi connectivity index (χ0n) is 11.7. The SMILES string of the molecule is CNC(C)c1ccc(N2CCCN(C)CC2)cn1. The molecule has 18 heavy (non-hydrogen) atoms. The molecular weight excluding hydrogens is 224 g/mol. The van der Waals surface area contributed by atoms with E-state index in [0.717, 1.165) is 25.3 Å². The van der Waals surface area contributed by atoms with Crippen molar-refractivity contribution >= 4 is 5.69 Å². The molecule has 1 aromatic rings. The lowest BCUT2D eigenvalue weighted by Gasteiger charge is -2.23. The number of aromatic nitrogens is 1.